The Balaban J connectivity index is 1.36. The van der Waals surface area contributed by atoms with E-state index < -0.39 is 10.8 Å². The molecule has 3 aliphatic carbocycles. The zero-order valence-electron chi connectivity index (χ0n) is 24.5. The zero-order chi connectivity index (χ0) is 29.3. The van der Waals surface area contributed by atoms with Gasteiger partial charge in [0.1, 0.15) is 0 Å². The number of H-pyrrole nitrogens is 1. The summed E-state index contributed by atoms with van der Waals surface area (Å²) in [7, 11) is 0. The van der Waals surface area contributed by atoms with E-state index in [1.54, 1.807) is 0 Å². The van der Waals surface area contributed by atoms with E-state index in [1.807, 2.05) is 0 Å². The molecule has 0 aliphatic heterocycles. The Kier molecular flexibility index (Phi) is 4.27. The van der Waals surface area contributed by atoms with Gasteiger partial charge in [0.05, 0.1) is 16.3 Å². The van der Waals surface area contributed by atoms with Gasteiger partial charge < -0.3 is 4.98 Å². The fourth-order valence-corrected chi connectivity index (χ4v) is 9.64. The Hall–Kier alpha value is -5.66. The molecule has 45 heavy (non-hydrogen) atoms. The number of fused-ring (bicyclic) bond motifs is 20. The van der Waals surface area contributed by atoms with Crippen LogP contribution in [0.1, 0.15) is 44.5 Å². The SMILES string of the molecule is c1ccc2c(c1)-c1ccccc1C21c2ccccc2C2(c3ccccc3-c3c2ccc2c3[nH]c3ccccc32)c2ccccc21. The molecular formula is C44H27N. The van der Waals surface area contributed by atoms with E-state index in [4.69, 9.17) is 0 Å². The highest BCUT2D eigenvalue weighted by molar-refractivity contribution is 6.14. The molecule has 0 saturated heterocycles. The minimum absolute atomic E-state index is 0.408. The molecule has 2 spiro atoms. The standard InChI is InChI=1S/C44H27N/c1-5-17-32-27(13-1)28-14-2-6-18-33(28)43(32)35-20-8-10-22-37(35)44(38-23-11-9-21-36(38)43)34-19-7-3-16-31(34)41-39(44)26-25-30-29-15-4-12-24-40(29)45-42(30)41/h1-26,45H. The monoisotopic (exact) mass is 569 g/mol. The number of benzene rings is 7. The third kappa shape index (κ3) is 2.53. The van der Waals surface area contributed by atoms with Crippen molar-refractivity contribution in [3.8, 4) is 22.3 Å². The van der Waals surface area contributed by atoms with Crippen molar-refractivity contribution in [1.29, 1.82) is 0 Å². The first-order chi connectivity index (χ1) is 22.3. The average Bonchev–Trinajstić information content (AvgIpc) is 3.73. The lowest BCUT2D eigenvalue weighted by Gasteiger charge is -2.48. The molecule has 1 aromatic heterocycles. The molecule has 0 atom stereocenters. The first-order valence-electron chi connectivity index (χ1n) is 15.9. The van der Waals surface area contributed by atoms with Crippen LogP contribution >= 0.6 is 0 Å². The minimum Gasteiger partial charge on any atom is -0.354 e. The molecule has 11 rings (SSSR count). The summed E-state index contributed by atoms with van der Waals surface area (Å²) in [5.74, 6) is 0. The predicted molar refractivity (Wildman–Crippen MR) is 184 cm³/mol. The number of hydrogen-bond acceptors (Lipinski definition) is 0. The molecule has 7 aromatic carbocycles. The number of nitrogens with one attached hydrogen (secondary N) is 1. The van der Waals surface area contributed by atoms with Crippen LogP contribution in [-0.2, 0) is 10.8 Å². The van der Waals surface area contributed by atoms with Gasteiger partial charge in [-0.3, -0.25) is 0 Å². The first kappa shape index (κ1) is 23.8. The van der Waals surface area contributed by atoms with Crippen molar-refractivity contribution < 1.29 is 0 Å². The highest BCUT2D eigenvalue weighted by atomic mass is 14.7. The van der Waals surface area contributed by atoms with Crippen LogP contribution in [0.3, 0.4) is 0 Å². The molecule has 0 radical (unpaired) electrons. The Bertz CT molecular complexity index is 2470. The zero-order valence-corrected chi connectivity index (χ0v) is 24.5. The number of aromatic amines is 1. The molecule has 0 unspecified atom stereocenters. The number of aromatic nitrogens is 1. The molecule has 1 nitrogen and oxygen atoms in total. The summed E-state index contributed by atoms with van der Waals surface area (Å²) >= 11 is 0. The van der Waals surface area contributed by atoms with Crippen LogP contribution in [0.5, 0.6) is 0 Å². The van der Waals surface area contributed by atoms with Crippen LogP contribution in [0.25, 0.3) is 44.1 Å². The van der Waals surface area contributed by atoms with Crippen LogP contribution in [0, 0.1) is 0 Å². The lowest BCUT2D eigenvalue weighted by Crippen LogP contribution is -2.43. The van der Waals surface area contributed by atoms with Gasteiger partial charge in [-0.15, -0.1) is 0 Å². The van der Waals surface area contributed by atoms with Gasteiger partial charge in [0.2, 0.25) is 0 Å². The molecule has 1 heteroatoms. The van der Waals surface area contributed by atoms with Gasteiger partial charge in [0.25, 0.3) is 0 Å². The molecule has 1 N–H and O–H groups in total. The summed E-state index contributed by atoms with van der Waals surface area (Å²) in [6.07, 6.45) is 0. The third-order valence-electron chi connectivity index (χ3n) is 11.1. The molecule has 1 heterocycles. The summed E-state index contributed by atoms with van der Waals surface area (Å²) in [6.45, 7) is 0. The Morgan fingerprint density at radius 3 is 1.31 bits per heavy atom. The van der Waals surface area contributed by atoms with Crippen molar-refractivity contribution in [3.05, 3.63) is 202 Å². The predicted octanol–water partition coefficient (Wildman–Crippen LogP) is 10.4. The molecule has 0 amide bonds. The van der Waals surface area contributed by atoms with Gasteiger partial charge >= 0.3 is 0 Å². The van der Waals surface area contributed by atoms with Gasteiger partial charge in [-0.2, -0.15) is 0 Å². The largest absolute Gasteiger partial charge is 0.354 e. The van der Waals surface area contributed by atoms with Gasteiger partial charge in [0, 0.05) is 21.9 Å². The summed E-state index contributed by atoms with van der Waals surface area (Å²) in [5.41, 5.74) is 17.8. The number of para-hydroxylation sites is 1. The van der Waals surface area contributed by atoms with Crippen molar-refractivity contribution in [2.24, 2.45) is 0 Å². The van der Waals surface area contributed by atoms with Crippen LogP contribution in [0.15, 0.2) is 158 Å². The normalized spacial score (nSPS) is 15.5. The summed E-state index contributed by atoms with van der Waals surface area (Å²) < 4.78 is 0. The molecule has 8 aromatic rings. The Morgan fingerprint density at radius 2 is 0.733 bits per heavy atom. The number of rotatable bonds is 0. The van der Waals surface area contributed by atoms with Crippen LogP contribution in [-0.4, -0.2) is 4.98 Å². The lowest BCUT2D eigenvalue weighted by atomic mass is 9.52. The van der Waals surface area contributed by atoms with Crippen LogP contribution in [0.2, 0.25) is 0 Å². The van der Waals surface area contributed by atoms with E-state index in [-0.39, 0.29) is 0 Å². The van der Waals surface area contributed by atoms with Gasteiger partial charge in [-0.05, 0) is 67.3 Å². The summed E-state index contributed by atoms with van der Waals surface area (Å²) in [5, 5.41) is 2.56. The Morgan fingerprint density at radius 1 is 0.311 bits per heavy atom. The quantitative estimate of drug-likeness (QED) is 0.187. The number of hydrogen-bond donors (Lipinski definition) is 1. The molecule has 0 saturated carbocycles. The molecule has 208 valence electrons. The van der Waals surface area contributed by atoms with E-state index in [1.165, 1.54) is 88.6 Å². The highest BCUT2D eigenvalue weighted by Gasteiger charge is 2.59. The minimum atomic E-state index is -0.456. The topological polar surface area (TPSA) is 15.8 Å². The second-order valence-electron chi connectivity index (χ2n) is 12.8. The van der Waals surface area contributed by atoms with Crippen LogP contribution in [0.4, 0.5) is 0 Å². The van der Waals surface area contributed by atoms with E-state index >= 15 is 0 Å². The third-order valence-corrected chi connectivity index (χ3v) is 11.1. The van der Waals surface area contributed by atoms with Crippen molar-refractivity contribution in [1.82, 2.24) is 4.98 Å². The second kappa shape index (κ2) is 8.08. The lowest BCUT2D eigenvalue weighted by molar-refractivity contribution is 0.633. The average molecular weight is 570 g/mol. The first-order valence-corrected chi connectivity index (χ1v) is 15.9. The van der Waals surface area contributed by atoms with E-state index in [2.05, 4.69) is 163 Å². The molecule has 0 fully saturated rings. The van der Waals surface area contributed by atoms with Crippen molar-refractivity contribution >= 4 is 21.8 Å². The van der Waals surface area contributed by atoms with Crippen molar-refractivity contribution in [2.75, 3.05) is 0 Å². The van der Waals surface area contributed by atoms with Gasteiger partial charge in [-0.1, -0.05) is 152 Å². The van der Waals surface area contributed by atoms with E-state index in [0.29, 0.717) is 0 Å². The van der Waals surface area contributed by atoms with Crippen molar-refractivity contribution in [3.63, 3.8) is 0 Å². The maximum absolute atomic E-state index is 3.86. The van der Waals surface area contributed by atoms with E-state index in [0.717, 1.165) is 0 Å². The summed E-state index contributed by atoms with van der Waals surface area (Å²) in [6, 6.07) is 59.4. The second-order valence-corrected chi connectivity index (χ2v) is 12.8. The molecular weight excluding hydrogens is 542 g/mol. The van der Waals surface area contributed by atoms with E-state index in [9.17, 15) is 0 Å². The van der Waals surface area contributed by atoms with Gasteiger partial charge in [-0.25, -0.2) is 0 Å². The maximum Gasteiger partial charge on any atom is 0.0720 e. The van der Waals surface area contributed by atoms with Gasteiger partial charge in [0.15, 0.2) is 0 Å². The van der Waals surface area contributed by atoms with Crippen molar-refractivity contribution in [2.45, 2.75) is 10.8 Å². The Labute approximate surface area is 261 Å². The maximum atomic E-state index is 3.86. The fourth-order valence-electron chi connectivity index (χ4n) is 9.64. The molecule has 3 aliphatic rings. The fraction of sp³-hybridized carbons (Fsp3) is 0.0455. The smallest absolute Gasteiger partial charge is 0.0720 e. The van der Waals surface area contributed by atoms with Crippen LogP contribution < -0.4 is 0 Å². The summed E-state index contributed by atoms with van der Waals surface area (Å²) in [4.78, 5) is 3.86. The highest BCUT2D eigenvalue weighted by Crippen LogP contribution is 2.67. The molecule has 0 bridgehead atoms.